The van der Waals surface area contributed by atoms with Crippen LogP contribution in [0, 0.1) is 0 Å². The normalized spacial score (nSPS) is 9.83. The van der Waals surface area contributed by atoms with Crippen molar-refractivity contribution in [2.75, 3.05) is 0 Å². The minimum absolute atomic E-state index is 0. The van der Waals surface area contributed by atoms with Gasteiger partial charge in [0.1, 0.15) is 0 Å². The summed E-state index contributed by atoms with van der Waals surface area (Å²) in [6.45, 7) is -4.56. The molecule has 0 saturated heterocycles. The van der Waals surface area contributed by atoms with Crippen LogP contribution in [0.25, 0.3) is 0 Å². The first kappa shape index (κ1) is 10.1. The van der Waals surface area contributed by atoms with Crippen LogP contribution in [-0.2, 0) is 28.6 Å². The molecule has 0 unspecified atom stereocenters. The van der Waals surface area contributed by atoms with Gasteiger partial charge < -0.3 is 21.4 Å². The van der Waals surface area contributed by atoms with Crippen molar-refractivity contribution >= 4 is 18.5 Å². The minimum Gasteiger partial charge on any atom is -0.844 e. The molecule has 0 N–H and O–H groups in total. The van der Waals surface area contributed by atoms with Crippen molar-refractivity contribution in [1.29, 1.82) is 0 Å². The molecule has 0 atom stereocenters. The Hall–Kier alpha value is 1.04. The maximum Gasteiger partial charge on any atom is 3.00 e. The molecule has 0 saturated carbocycles. The van der Waals surface area contributed by atoms with Gasteiger partial charge in [0.15, 0.2) is 0 Å². The van der Waals surface area contributed by atoms with E-state index in [0.717, 1.165) is 0 Å². The van der Waals surface area contributed by atoms with E-state index < -0.39 is 6.72 Å². The summed E-state index contributed by atoms with van der Waals surface area (Å²) in [5, 5.41) is 0. The smallest absolute Gasteiger partial charge is 0.844 e. The Morgan fingerprint density at radius 1 is 1.17 bits per heavy atom. The Labute approximate surface area is 50.5 Å². The fraction of sp³-hybridized carbons (Fsp3) is 0. The maximum atomic E-state index is 8.92. The second kappa shape index (κ2) is 3.09. The van der Waals surface area contributed by atoms with Gasteiger partial charge in [-0.1, -0.05) is 0 Å². The molecule has 0 heterocycles. The molecule has 0 aliphatic carbocycles. The Balaban J connectivity index is 0. The predicted octanol–water partition coefficient (Wildman–Crippen LogP) is -2.71. The minimum atomic E-state index is -4.56. The Morgan fingerprint density at radius 3 is 1.17 bits per heavy atom. The van der Waals surface area contributed by atoms with Crippen molar-refractivity contribution in [3.8, 4) is 0 Å². The van der Waals surface area contributed by atoms with E-state index in [-0.39, 0.29) is 16.8 Å². The molecule has 0 aliphatic heterocycles. The fourth-order valence-electron chi connectivity index (χ4n) is 0. The number of hydrogen-bond acceptors (Lipinski definition) is 4. The first-order chi connectivity index (χ1) is 2.00. The number of hydrogen-bond donors (Lipinski definition) is 0. The van der Waals surface area contributed by atoms with Gasteiger partial charge in [0.05, 0.1) is 0 Å². The molecule has 3 nitrogen and oxygen atoms in total. The molecule has 0 aliphatic rings. The van der Waals surface area contributed by atoms with E-state index in [4.69, 9.17) is 14.7 Å². The van der Waals surface area contributed by atoms with E-state index in [2.05, 4.69) is 11.8 Å². The van der Waals surface area contributed by atoms with E-state index >= 15 is 0 Å². The SMILES string of the molecule is [Co+3].[O-]P([O-])([O-])=S. The molecule has 0 rings (SSSR count). The van der Waals surface area contributed by atoms with Gasteiger partial charge >= 0.3 is 16.8 Å². The van der Waals surface area contributed by atoms with Gasteiger partial charge in [-0.05, 0) is 0 Å². The largest absolute Gasteiger partial charge is 3.00 e. The summed E-state index contributed by atoms with van der Waals surface area (Å²) in [5.74, 6) is 0. The van der Waals surface area contributed by atoms with Gasteiger partial charge in [-0.25, -0.2) is 0 Å². The molecule has 0 aromatic carbocycles. The monoisotopic (exact) mass is 170 g/mol. The summed E-state index contributed by atoms with van der Waals surface area (Å²) in [7, 11) is 0. The van der Waals surface area contributed by atoms with Crippen LogP contribution in [0.5, 0.6) is 0 Å². The molecule has 0 bridgehead atoms. The van der Waals surface area contributed by atoms with Crippen LogP contribution in [0.3, 0.4) is 0 Å². The van der Waals surface area contributed by atoms with Crippen molar-refractivity contribution in [2.24, 2.45) is 0 Å². The zero-order chi connectivity index (χ0) is 4.50. The summed E-state index contributed by atoms with van der Waals surface area (Å²) in [6, 6.07) is 0. The molecule has 0 amide bonds. The zero-order valence-electron chi connectivity index (χ0n) is 2.41. The average molecular weight is 170 g/mol. The molecule has 6 heteroatoms. The number of rotatable bonds is 0. The van der Waals surface area contributed by atoms with Crippen molar-refractivity contribution in [2.45, 2.75) is 0 Å². The third kappa shape index (κ3) is 76.4. The van der Waals surface area contributed by atoms with Crippen LogP contribution in [0.2, 0.25) is 0 Å². The van der Waals surface area contributed by atoms with E-state index in [1.807, 2.05) is 0 Å². The van der Waals surface area contributed by atoms with Crippen LogP contribution in [-0.4, -0.2) is 0 Å². The third-order valence-electron chi connectivity index (χ3n) is 0. The van der Waals surface area contributed by atoms with Crippen LogP contribution < -0.4 is 14.7 Å². The molecule has 0 fully saturated rings. The van der Waals surface area contributed by atoms with Crippen molar-refractivity contribution in [3.63, 3.8) is 0 Å². The quantitative estimate of drug-likeness (QED) is 0.370. The summed E-state index contributed by atoms with van der Waals surface area (Å²) in [6.07, 6.45) is 0. The first-order valence-corrected chi connectivity index (χ1v) is 3.29. The molecular weight excluding hydrogens is 170 g/mol. The van der Waals surface area contributed by atoms with E-state index in [9.17, 15) is 0 Å². The van der Waals surface area contributed by atoms with E-state index in [0.29, 0.717) is 0 Å². The molecule has 6 heavy (non-hydrogen) atoms. The van der Waals surface area contributed by atoms with Gasteiger partial charge in [0, 0.05) is 0 Å². The molecular formula is CoO3PS. The molecule has 0 radical (unpaired) electrons. The van der Waals surface area contributed by atoms with Crippen molar-refractivity contribution in [1.82, 2.24) is 0 Å². The van der Waals surface area contributed by atoms with Crippen LogP contribution >= 0.6 is 6.72 Å². The Morgan fingerprint density at radius 2 is 1.17 bits per heavy atom. The van der Waals surface area contributed by atoms with Crippen LogP contribution in [0.4, 0.5) is 0 Å². The Kier molecular flexibility index (Phi) is 5.21. The Bertz CT molecular complexity index is 56.9. The molecule has 38 valence electrons. The third-order valence-corrected chi connectivity index (χ3v) is 0. The predicted molar refractivity (Wildman–Crippen MR) is 14.3 cm³/mol. The van der Waals surface area contributed by atoms with Gasteiger partial charge in [-0.15, -0.1) is 0 Å². The molecule has 0 spiro atoms. The summed E-state index contributed by atoms with van der Waals surface area (Å²) >= 11 is 3.27. The summed E-state index contributed by atoms with van der Waals surface area (Å²) in [5.41, 5.74) is 0. The standard InChI is InChI=1S/Co.H3O3PS/c;1-4(2,3)5/h;(H3,1,2,3,5)/q+3;/p-3. The van der Waals surface area contributed by atoms with Crippen LogP contribution in [0.1, 0.15) is 0 Å². The second-order valence-corrected chi connectivity index (χ2v) is 2.68. The summed E-state index contributed by atoms with van der Waals surface area (Å²) < 4.78 is 0. The van der Waals surface area contributed by atoms with Gasteiger partial charge in [-0.2, -0.15) is 11.8 Å². The van der Waals surface area contributed by atoms with E-state index in [1.165, 1.54) is 0 Å². The van der Waals surface area contributed by atoms with Crippen molar-refractivity contribution < 1.29 is 31.5 Å². The van der Waals surface area contributed by atoms with Crippen molar-refractivity contribution in [3.05, 3.63) is 0 Å². The molecule has 0 aromatic rings. The van der Waals surface area contributed by atoms with E-state index in [1.54, 1.807) is 0 Å². The fourth-order valence-corrected chi connectivity index (χ4v) is 0. The van der Waals surface area contributed by atoms with Crippen LogP contribution in [0.15, 0.2) is 0 Å². The molecule has 0 aromatic heterocycles. The van der Waals surface area contributed by atoms with Gasteiger partial charge in [-0.3, -0.25) is 0 Å². The topological polar surface area (TPSA) is 69.2 Å². The zero-order valence-corrected chi connectivity index (χ0v) is 5.17. The van der Waals surface area contributed by atoms with Gasteiger partial charge in [0.25, 0.3) is 0 Å². The maximum absolute atomic E-state index is 8.92. The summed E-state index contributed by atoms with van der Waals surface area (Å²) in [4.78, 5) is 26.8. The van der Waals surface area contributed by atoms with Gasteiger partial charge in [0.2, 0.25) is 0 Å². The average Bonchev–Trinajstić information content (AvgIpc) is 0.722. The first-order valence-electron chi connectivity index (χ1n) is 0.730. The second-order valence-electron chi connectivity index (χ2n) is 0.447.